The Morgan fingerprint density at radius 2 is 2.33 bits per heavy atom. The molecular weight excluding hydrogens is 239 g/mol. The lowest BCUT2D eigenvalue weighted by atomic mass is 10.0. The SMILES string of the molecule is CCCC1CC(CF)C(n2ccc(=O)[nH]c2=O)O1. The molecule has 6 heteroatoms. The maximum absolute atomic E-state index is 13.0. The lowest BCUT2D eigenvalue weighted by Gasteiger charge is -2.18. The highest BCUT2D eigenvalue weighted by Crippen LogP contribution is 2.35. The van der Waals surface area contributed by atoms with Crippen molar-refractivity contribution in [3.63, 3.8) is 0 Å². The van der Waals surface area contributed by atoms with Gasteiger partial charge in [-0.05, 0) is 12.8 Å². The second-order valence-electron chi connectivity index (χ2n) is 4.60. The van der Waals surface area contributed by atoms with Crippen molar-refractivity contribution in [3.05, 3.63) is 33.1 Å². The van der Waals surface area contributed by atoms with Gasteiger partial charge in [-0.3, -0.25) is 18.7 Å². The first-order chi connectivity index (χ1) is 8.65. The van der Waals surface area contributed by atoms with Crippen LogP contribution in [0, 0.1) is 5.92 Å². The molecule has 2 rings (SSSR count). The van der Waals surface area contributed by atoms with Gasteiger partial charge in [0.05, 0.1) is 12.8 Å². The van der Waals surface area contributed by atoms with Crippen LogP contribution in [0.25, 0.3) is 0 Å². The van der Waals surface area contributed by atoms with Gasteiger partial charge in [-0.2, -0.15) is 0 Å². The fourth-order valence-corrected chi connectivity index (χ4v) is 2.39. The van der Waals surface area contributed by atoms with Gasteiger partial charge in [0.2, 0.25) is 0 Å². The Kier molecular flexibility index (Phi) is 3.96. The molecule has 0 spiro atoms. The third-order valence-electron chi connectivity index (χ3n) is 3.23. The van der Waals surface area contributed by atoms with E-state index in [0.29, 0.717) is 6.42 Å². The van der Waals surface area contributed by atoms with E-state index in [0.717, 1.165) is 12.8 Å². The number of nitrogens with zero attached hydrogens (tertiary/aromatic N) is 1. The van der Waals surface area contributed by atoms with E-state index in [2.05, 4.69) is 4.98 Å². The summed E-state index contributed by atoms with van der Waals surface area (Å²) in [5.74, 6) is -0.329. The highest BCUT2D eigenvalue weighted by molar-refractivity contribution is 4.88. The number of halogens is 1. The summed E-state index contributed by atoms with van der Waals surface area (Å²) in [5, 5.41) is 0. The van der Waals surface area contributed by atoms with Crippen LogP contribution in [0.4, 0.5) is 4.39 Å². The van der Waals surface area contributed by atoms with Crippen LogP contribution in [0.5, 0.6) is 0 Å². The van der Waals surface area contributed by atoms with E-state index < -0.39 is 24.2 Å². The predicted molar refractivity (Wildman–Crippen MR) is 64.2 cm³/mol. The summed E-state index contributed by atoms with van der Waals surface area (Å²) in [4.78, 5) is 24.8. The topological polar surface area (TPSA) is 64.1 Å². The minimum atomic E-state index is -0.615. The number of nitrogens with one attached hydrogen (secondary N) is 1. The Balaban J connectivity index is 2.25. The zero-order valence-electron chi connectivity index (χ0n) is 10.3. The molecule has 0 aromatic carbocycles. The van der Waals surface area contributed by atoms with Gasteiger partial charge >= 0.3 is 5.69 Å². The van der Waals surface area contributed by atoms with Crippen molar-refractivity contribution in [1.29, 1.82) is 0 Å². The van der Waals surface area contributed by atoms with Gasteiger partial charge in [0.25, 0.3) is 5.56 Å². The summed E-state index contributed by atoms with van der Waals surface area (Å²) in [7, 11) is 0. The molecule has 1 aliphatic heterocycles. The van der Waals surface area contributed by atoms with Crippen LogP contribution in [-0.2, 0) is 4.74 Å². The summed E-state index contributed by atoms with van der Waals surface area (Å²) < 4.78 is 20.0. The summed E-state index contributed by atoms with van der Waals surface area (Å²) in [6.07, 6.45) is 3.15. The van der Waals surface area contributed by atoms with E-state index in [1.54, 1.807) is 0 Å². The molecule has 5 nitrogen and oxygen atoms in total. The van der Waals surface area contributed by atoms with Crippen molar-refractivity contribution >= 4 is 0 Å². The molecule has 0 aliphatic carbocycles. The molecule has 3 atom stereocenters. The van der Waals surface area contributed by atoms with Crippen LogP contribution in [0.1, 0.15) is 32.4 Å². The van der Waals surface area contributed by atoms with Crippen molar-refractivity contribution in [2.45, 2.75) is 38.5 Å². The number of hydrogen-bond donors (Lipinski definition) is 1. The quantitative estimate of drug-likeness (QED) is 0.880. The van der Waals surface area contributed by atoms with E-state index in [1.807, 2.05) is 6.92 Å². The highest BCUT2D eigenvalue weighted by Gasteiger charge is 2.36. The van der Waals surface area contributed by atoms with Gasteiger partial charge in [0, 0.05) is 18.2 Å². The normalized spacial score (nSPS) is 27.6. The van der Waals surface area contributed by atoms with Gasteiger partial charge < -0.3 is 4.74 Å². The molecule has 1 aliphatic rings. The first-order valence-electron chi connectivity index (χ1n) is 6.18. The van der Waals surface area contributed by atoms with E-state index in [4.69, 9.17) is 4.74 Å². The van der Waals surface area contributed by atoms with Gasteiger partial charge in [-0.25, -0.2) is 4.79 Å². The van der Waals surface area contributed by atoms with Crippen molar-refractivity contribution in [3.8, 4) is 0 Å². The monoisotopic (exact) mass is 256 g/mol. The highest BCUT2D eigenvalue weighted by atomic mass is 19.1. The number of hydrogen-bond acceptors (Lipinski definition) is 3. The maximum atomic E-state index is 13.0. The first-order valence-corrected chi connectivity index (χ1v) is 6.18. The molecule has 1 saturated heterocycles. The van der Waals surface area contributed by atoms with E-state index in [-0.39, 0.29) is 12.0 Å². The Bertz CT molecular complexity index is 511. The molecule has 1 N–H and O–H groups in total. The molecule has 0 bridgehead atoms. The predicted octanol–water partition coefficient (Wildman–Crippen LogP) is 1.21. The minimum Gasteiger partial charge on any atom is -0.354 e. The molecule has 18 heavy (non-hydrogen) atoms. The summed E-state index contributed by atoms with van der Waals surface area (Å²) >= 11 is 0. The smallest absolute Gasteiger partial charge is 0.330 e. The van der Waals surface area contributed by atoms with E-state index >= 15 is 0 Å². The van der Waals surface area contributed by atoms with E-state index in [1.165, 1.54) is 16.8 Å². The number of rotatable bonds is 4. The minimum absolute atomic E-state index is 0.0143. The number of aromatic nitrogens is 2. The molecule has 3 unspecified atom stereocenters. The number of ether oxygens (including phenoxy) is 1. The van der Waals surface area contributed by atoms with Crippen molar-refractivity contribution < 1.29 is 9.13 Å². The molecule has 1 aromatic heterocycles. The largest absolute Gasteiger partial charge is 0.354 e. The summed E-state index contributed by atoms with van der Waals surface area (Å²) in [5.41, 5.74) is -1.01. The van der Waals surface area contributed by atoms with Crippen LogP contribution in [0.15, 0.2) is 21.9 Å². The van der Waals surface area contributed by atoms with Gasteiger partial charge in [-0.15, -0.1) is 0 Å². The van der Waals surface area contributed by atoms with Crippen LogP contribution in [0.2, 0.25) is 0 Å². The molecule has 100 valence electrons. The summed E-state index contributed by atoms with van der Waals surface area (Å²) in [6.45, 7) is 1.50. The molecule has 1 fully saturated rings. The van der Waals surface area contributed by atoms with Crippen LogP contribution < -0.4 is 11.2 Å². The number of aromatic amines is 1. The number of H-pyrrole nitrogens is 1. The maximum Gasteiger partial charge on any atom is 0.330 e. The molecular formula is C12H17FN2O3. The van der Waals surface area contributed by atoms with Crippen molar-refractivity contribution in [1.82, 2.24) is 9.55 Å². The van der Waals surface area contributed by atoms with Crippen LogP contribution in [0.3, 0.4) is 0 Å². The Hall–Kier alpha value is -1.43. The average Bonchev–Trinajstić information content (AvgIpc) is 2.72. The molecule has 2 heterocycles. The number of alkyl halides is 1. The lowest BCUT2D eigenvalue weighted by molar-refractivity contribution is -0.0214. The Morgan fingerprint density at radius 1 is 1.56 bits per heavy atom. The third-order valence-corrected chi connectivity index (χ3v) is 3.23. The van der Waals surface area contributed by atoms with Gasteiger partial charge in [0.15, 0.2) is 0 Å². The van der Waals surface area contributed by atoms with E-state index in [9.17, 15) is 14.0 Å². The van der Waals surface area contributed by atoms with Gasteiger partial charge in [0.1, 0.15) is 6.23 Å². The van der Waals surface area contributed by atoms with Crippen LogP contribution in [-0.4, -0.2) is 22.3 Å². The summed E-state index contributed by atoms with van der Waals surface area (Å²) in [6, 6.07) is 1.24. The van der Waals surface area contributed by atoms with Gasteiger partial charge in [-0.1, -0.05) is 13.3 Å². The standard InChI is InChI=1S/C12H17FN2O3/c1-2-3-9-6-8(7-13)11(18-9)15-5-4-10(16)14-12(15)17/h4-5,8-9,11H,2-3,6-7H2,1H3,(H,14,16,17). The lowest BCUT2D eigenvalue weighted by Crippen LogP contribution is -2.34. The molecule has 0 radical (unpaired) electrons. The van der Waals surface area contributed by atoms with Crippen LogP contribution >= 0.6 is 0 Å². The second-order valence-corrected chi connectivity index (χ2v) is 4.60. The van der Waals surface area contributed by atoms with Crippen molar-refractivity contribution in [2.24, 2.45) is 5.92 Å². The first kappa shape index (κ1) is 13.0. The zero-order chi connectivity index (χ0) is 13.1. The average molecular weight is 256 g/mol. The molecule has 1 aromatic rings. The fourth-order valence-electron chi connectivity index (χ4n) is 2.39. The second kappa shape index (κ2) is 5.48. The third kappa shape index (κ3) is 2.53. The van der Waals surface area contributed by atoms with Crippen molar-refractivity contribution in [2.75, 3.05) is 6.67 Å². The molecule has 0 saturated carbocycles. The molecule has 0 amide bonds. The Labute approximate surface area is 104 Å². The zero-order valence-corrected chi connectivity index (χ0v) is 10.3. The Morgan fingerprint density at radius 3 is 2.94 bits per heavy atom. The fraction of sp³-hybridized carbons (Fsp3) is 0.667.